The number of rotatable bonds is 3. The molecule has 1 aromatic heterocycles. The van der Waals surface area contributed by atoms with E-state index >= 15 is 0 Å². The van der Waals surface area contributed by atoms with Crippen LogP contribution in [-0.4, -0.2) is 15.0 Å². The zero-order chi connectivity index (χ0) is 14.7. The molecule has 0 spiro atoms. The topological polar surface area (TPSA) is 54.5 Å². The summed E-state index contributed by atoms with van der Waals surface area (Å²) in [7, 11) is 0. The van der Waals surface area contributed by atoms with Crippen LogP contribution in [0.5, 0.6) is 0 Å². The number of benzene rings is 2. The molecule has 0 bridgehead atoms. The van der Waals surface area contributed by atoms with Gasteiger partial charge in [0.05, 0.1) is 11.4 Å². The summed E-state index contributed by atoms with van der Waals surface area (Å²) in [5, 5.41) is 17.9. The molecule has 0 radical (unpaired) electrons. The van der Waals surface area contributed by atoms with Crippen molar-refractivity contribution in [1.29, 1.82) is 5.26 Å². The van der Waals surface area contributed by atoms with E-state index < -0.39 is 0 Å². The van der Waals surface area contributed by atoms with E-state index in [9.17, 15) is 5.26 Å². The highest BCUT2D eigenvalue weighted by atomic mass is 35.5. The van der Waals surface area contributed by atoms with E-state index in [4.69, 9.17) is 11.6 Å². The Morgan fingerprint density at radius 2 is 1.76 bits per heavy atom. The molecular weight excluding hydrogens is 284 g/mol. The van der Waals surface area contributed by atoms with Crippen molar-refractivity contribution in [1.82, 2.24) is 15.0 Å². The van der Waals surface area contributed by atoms with Crippen molar-refractivity contribution in [3.05, 3.63) is 76.6 Å². The van der Waals surface area contributed by atoms with E-state index in [0.717, 1.165) is 16.9 Å². The average Bonchev–Trinajstić information content (AvgIpc) is 2.92. The maximum atomic E-state index is 9.21. The summed E-state index contributed by atoms with van der Waals surface area (Å²) in [4.78, 5) is 0. The number of hydrogen-bond acceptors (Lipinski definition) is 3. The van der Waals surface area contributed by atoms with Crippen LogP contribution in [0.2, 0.25) is 5.02 Å². The second-order valence-corrected chi connectivity index (χ2v) is 4.98. The molecule has 1 heterocycles. The van der Waals surface area contributed by atoms with E-state index in [0.29, 0.717) is 17.1 Å². The Labute approximate surface area is 127 Å². The standard InChI is InChI=1S/C16H11ClN4/c17-13-6-8-14(9-7-13)21-16(15(11-18)19-20-21)10-12-4-2-1-3-5-12/h1-9H,10H2. The summed E-state index contributed by atoms with van der Waals surface area (Å²) in [5.41, 5.74) is 3.05. The molecule has 21 heavy (non-hydrogen) atoms. The number of nitriles is 1. The van der Waals surface area contributed by atoms with Gasteiger partial charge in [0.1, 0.15) is 6.07 Å². The van der Waals surface area contributed by atoms with Gasteiger partial charge in [-0.25, -0.2) is 4.68 Å². The molecule has 0 unspecified atom stereocenters. The van der Waals surface area contributed by atoms with Crippen LogP contribution in [0.4, 0.5) is 0 Å². The van der Waals surface area contributed by atoms with E-state index in [-0.39, 0.29) is 0 Å². The Morgan fingerprint density at radius 1 is 1.05 bits per heavy atom. The Balaban J connectivity index is 2.04. The highest BCUT2D eigenvalue weighted by molar-refractivity contribution is 6.30. The lowest BCUT2D eigenvalue weighted by molar-refractivity contribution is 0.772. The van der Waals surface area contributed by atoms with Crippen molar-refractivity contribution in [2.75, 3.05) is 0 Å². The second kappa shape index (κ2) is 5.78. The van der Waals surface area contributed by atoms with Gasteiger partial charge in [-0.15, -0.1) is 5.10 Å². The molecular formula is C16H11ClN4. The van der Waals surface area contributed by atoms with Gasteiger partial charge in [0.25, 0.3) is 0 Å². The molecule has 2 aromatic carbocycles. The molecule has 0 aliphatic carbocycles. The summed E-state index contributed by atoms with van der Waals surface area (Å²) in [5.74, 6) is 0. The van der Waals surface area contributed by atoms with Crippen LogP contribution in [0.15, 0.2) is 54.6 Å². The molecule has 0 fully saturated rings. The summed E-state index contributed by atoms with van der Waals surface area (Å²) in [6.07, 6.45) is 0.597. The van der Waals surface area contributed by atoms with Gasteiger partial charge in [-0.1, -0.05) is 47.1 Å². The van der Waals surface area contributed by atoms with E-state index in [1.54, 1.807) is 16.8 Å². The van der Waals surface area contributed by atoms with E-state index in [1.165, 1.54) is 0 Å². The predicted octanol–water partition coefficient (Wildman–Crippen LogP) is 3.38. The van der Waals surface area contributed by atoms with Crippen molar-refractivity contribution in [2.45, 2.75) is 6.42 Å². The number of hydrogen-bond donors (Lipinski definition) is 0. The smallest absolute Gasteiger partial charge is 0.186 e. The van der Waals surface area contributed by atoms with Gasteiger partial charge in [0.15, 0.2) is 5.69 Å². The molecule has 102 valence electrons. The first-order valence-electron chi connectivity index (χ1n) is 6.42. The molecule has 3 rings (SSSR count). The van der Waals surface area contributed by atoms with Crippen LogP contribution in [0.25, 0.3) is 5.69 Å². The fourth-order valence-corrected chi connectivity index (χ4v) is 2.25. The third kappa shape index (κ3) is 2.78. The molecule has 0 saturated carbocycles. The lowest BCUT2D eigenvalue weighted by Crippen LogP contribution is -2.04. The van der Waals surface area contributed by atoms with Crippen molar-refractivity contribution in [3.63, 3.8) is 0 Å². The van der Waals surface area contributed by atoms with Crippen LogP contribution in [0.3, 0.4) is 0 Å². The minimum absolute atomic E-state index is 0.341. The Hall–Kier alpha value is -2.64. The Morgan fingerprint density at radius 3 is 2.43 bits per heavy atom. The zero-order valence-electron chi connectivity index (χ0n) is 11.1. The van der Waals surface area contributed by atoms with Gasteiger partial charge in [-0.05, 0) is 29.8 Å². The molecule has 0 saturated heterocycles. The summed E-state index contributed by atoms with van der Waals surface area (Å²) in [6, 6.07) is 19.3. The monoisotopic (exact) mass is 294 g/mol. The molecule has 4 nitrogen and oxygen atoms in total. The first-order valence-corrected chi connectivity index (χ1v) is 6.80. The first-order chi connectivity index (χ1) is 10.3. The molecule has 0 N–H and O–H groups in total. The third-order valence-corrected chi connectivity index (χ3v) is 3.41. The number of halogens is 1. The Kier molecular flexibility index (Phi) is 3.67. The van der Waals surface area contributed by atoms with E-state index in [2.05, 4.69) is 16.4 Å². The van der Waals surface area contributed by atoms with Gasteiger partial charge in [0, 0.05) is 11.4 Å². The lowest BCUT2D eigenvalue weighted by Gasteiger charge is -2.07. The number of nitrogens with zero attached hydrogens (tertiary/aromatic N) is 4. The van der Waals surface area contributed by atoms with E-state index in [1.807, 2.05) is 42.5 Å². The van der Waals surface area contributed by atoms with Crippen LogP contribution in [0.1, 0.15) is 17.0 Å². The summed E-state index contributed by atoms with van der Waals surface area (Å²) < 4.78 is 1.68. The van der Waals surface area contributed by atoms with Crippen LogP contribution >= 0.6 is 11.6 Å². The minimum atomic E-state index is 0.341. The average molecular weight is 295 g/mol. The first kappa shape index (κ1) is 13.3. The molecule has 0 aliphatic heterocycles. The van der Waals surface area contributed by atoms with Crippen LogP contribution in [0, 0.1) is 11.3 Å². The van der Waals surface area contributed by atoms with Crippen molar-refractivity contribution in [3.8, 4) is 11.8 Å². The molecule has 0 amide bonds. The molecule has 3 aromatic rings. The molecule has 0 aliphatic rings. The lowest BCUT2D eigenvalue weighted by atomic mass is 10.1. The summed E-state index contributed by atoms with van der Waals surface area (Å²) in [6.45, 7) is 0. The maximum absolute atomic E-state index is 9.21. The third-order valence-electron chi connectivity index (χ3n) is 3.15. The highest BCUT2D eigenvalue weighted by Crippen LogP contribution is 2.18. The summed E-state index contributed by atoms with van der Waals surface area (Å²) >= 11 is 5.90. The maximum Gasteiger partial charge on any atom is 0.186 e. The number of aromatic nitrogens is 3. The van der Waals surface area contributed by atoms with Crippen molar-refractivity contribution in [2.24, 2.45) is 0 Å². The quantitative estimate of drug-likeness (QED) is 0.744. The minimum Gasteiger partial charge on any atom is -0.216 e. The van der Waals surface area contributed by atoms with Gasteiger partial charge in [0.2, 0.25) is 0 Å². The van der Waals surface area contributed by atoms with Gasteiger partial charge < -0.3 is 0 Å². The predicted molar refractivity (Wildman–Crippen MR) is 80.3 cm³/mol. The van der Waals surface area contributed by atoms with Crippen molar-refractivity contribution < 1.29 is 0 Å². The van der Waals surface area contributed by atoms with Gasteiger partial charge in [-0.2, -0.15) is 5.26 Å². The second-order valence-electron chi connectivity index (χ2n) is 4.55. The van der Waals surface area contributed by atoms with Crippen molar-refractivity contribution >= 4 is 11.6 Å². The van der Waals surface area contributed by atoms with Gasteiger partial charge >= 0.3 is 0 Å². The zero-order valence-corrected chi connectivity index (χ0v) is 11.8. The van der Waals surface area contributed by atoms with Crippen LogP contribution < -0.4 is 0 Å². The normalized spacial score (nSPS) is 10.3. The van der Waals surface area contributed by atoms with Crippen LogP contribution in [-0.2, 0) is 6.42 Å². The largest absolute Gasteiger partial charge is 0.216 e. The fraction of sp³-hybridized carbons (Fsp3) is 0.0625. The van der Waals surface area contributed by atoms with Gasteiger partial charge in [-0.3, -0.25) is 0 Å². The SMILES string of the molecule is N#Cc1nnn(-c2ccc(Cl)cc2)c1Cc1ccccc1. The highest BCUT2D eigenvalue weighted by Gasteiger charge is 2.14. The molecule has 5 heteroatoms. The fourth-order valence-electron chi connectivity index (χ4n) is 2.13. The Bertz CT molecular complexity index is 785. The molecule has 0 atom stereocenters.